The Morgan fingerprint density at radius 1 is 1.30 bits per heavy atom. The van der Waals surface area contributed by atoms with Crippen LogP contribution in [0.25, 0.3) is 0 Å². The summed E-state index contributed by atoms with van der Waals surface area (Å²) in [5, 5.41) is 9.08. The fourth-order valence-electron chi connectivity index (χ4n) is 2.63. The van der Waals surface area contributed by atoms with E-state index in [4.69, 9.17) is 14.6 Å². The molecule has 2 unspecified atom stereocenters. The summed E-state index contributed by atoms with van der Waals surface area (Å²) < 4.78 is 10.6. The molecule has 1 aromatic rings. The van der Waals surface area contributed by atoms with E-state index in [9.17, 15) is 4.79 Å². The van der Waals surface area contributed by atoms with Gasteiger partial charge in [0, 0.05) is 12.6 Å². The Morgan fingerprint density at radius 3 is 2.40 bits per heavy atom. The van der Waals surface area contributed by atoms with E-state index in [1.54, 1.807) is 21.1 Å². The predicted molar refractivity (Wildman–Crippen MR) is 75.6 cm³/mol. The number of methoxy groups -OCH3 is 2. The molecule has 20 heavy (non-hydrogen) atoms. The number of benzene rings is 1. The lowest BCUT2D eigenvalue weighted by Gasteiger charge is -2.20. The van der Waals surface area contributed by atoms with Gasteiger partial charge in [-0.15, -0.1) is 0 Å². The Kier molecular flexibility index (Phi) is 4.49. The van der Waals surface area contributed by atoms with Crippen LogP contribution in [0.2, 0.25) is 0 Å². The first-order valence-electron chi connectivity index (χ1n) is 6.75. The van der Waals surface area contributed by atoms with Crippen molar-refractivity contribution >= 4 is 5.97 Å². The Hall–Kier alpha value is -1.75. The van der Waals surface area contributed by atoms with Crippen LogP contribution >= 0.6 is 0 Å². The standard InChI is InChI=1S/C15H21NO4/c1-10(15(17)18)16-5-4-11(9-16)12-6-13(19-2)8-14(7-12)20-3/h6-8,10-11H,4-5,9H2,1-3H3,(H,17,18). The van der Waals surface area contributed by atoms with Crippen molar-refractivity contribution in [2.24, 2.45) is 0 Å². The van der Waals surface area contributed by atoms with Crippen molar-refractivity contribution in [2.45, 2.75) is 25.3 Å². The molecule has 110 valence electrons. The number of carbonyl (C=O) groups is 1. The molecule has 0 saturated carbocycles. The van der Waals surface area contributed by atoms with E-state index in [0.717, 1.165) is 36.6 Å². The molecule has 0 aromatic heterocycles. The number of likely N-dealkylation sites (tertiary alicyclic amines) is 1. The molecular formula is C15H21NO4. The van der Waals surface area contributed by atoms with Crippen LogP contribution < -0.4 is 9.47 Å². The number of carboxylic acid groups (broad SMARTS) is 1. The van der Waals surface area contributed by atoms with E-state index in [2.05, 4.69) is 0 Å². The Balaban J connectivity index is 2.15. The number of aliphatic carboxylic acids is 1. The summed E-state index contributed by atoms with van der Waals surface area (Å²) in [6.07, 6.45) is 0.952. The van der Waals surface area contributed by atoms with Crippen LogP contribution in [0.5, 0.6) is 11.5 Å². The molecule has 2 atom stereocenters. The first-order valence-corrected chi connectivity index (χ1v) is 6.75. The first kappa shape index (κ1) is 14.7. The van der Waals surface area contributed by atoms with Crippen molar-refractivity contribution in [3.8, 4) is 11.5 Å². The molecule has 1 aromatic carbocycles. The molecule has 1 fully saturated rings. The lowest BCUT2D eigenvalue weighted by molar-refractivity contribution is -0.142. The Labute approximate surface area is 119 Å². The zero-order chi connectivity index (χ0) is 14.7. The van der Waals surface area contributed by atoms with Crippen LogP contribution in [0.3, 0.4) is 0 Å². The number of hydrogen-bond donors (Lipinski definition) is 1. The van der Waals surface area contributed by atoms with Gasteiger partial charge in [0.25, 0.3) is 0 Å². The van der Waals surface area contributed by atoms with Gasteiger partial charge < -0.3 is 14.6 Å². The highest BCUT2D eigenvalue weighted by molar-refractivity contribution is 5.72. The van der Waals surface area contributed by atoms with Crippen LogP contribution in [0.1, 0.15) is 24.8 Å². The predicted octanol–water partition coefficient (Wildman–Crippen LogP) is 1.97. The average molecular weight is 279 g/mol. The van der Waals surface area contributed by atoms with E-state index >= 15 is 0 Å². The van der Waals surface area contributed by atoms with E-state index < -0.39 is 12.0 Å². The number of carboxylic acids is 1. The Morgan fingerprint density at radius 2 is 1.90 bits per heavy atom. The minimum absolute atomic E-state index is 0.320. The number of ether oxygens (including phenoxy) is 2. The van der Waals surface area contributed by atoms with Gasteiger partial charge in [-0.05, 0) is 43.5 Å². The van der Waals surface area contributed by atoms with Gasteiger partial charge >= 0.3 is 5.97 Å². The lowest BCUT2D eigenvalue weighted by atomic mass is 9.98. The fourth-order valence-corrected chi connectivity index (χ4v) is 2.63. The van der Waals surface area contributed by atoms with E-state index in [-0.39, 0.29) is 0 Å². The van der Waals surface area contributed by atoms with Gasteiger partial charge in [0.05, 0.1) is 14.2 Å². The van der Waals surface area contributed by atoms with Crippen LogP contribution in [0, 0.1) is 0 Å². The highest BCUT2D eigenvalue weighted by atomic mass is 16.5. The van der Waals surface area contributed by atoms with E-state index in [0.29, 0.717) is 5.92 Å². The highest BCUT2D eigenvalue weighted by Crippen LogP contribution is 2.33. The SMILES string of the molecule is COc1cc(OC)cc(C2CCN(C(C)C(=O)O)C2)c1. The van der Waals surface area contributed by atoms with E-state index in [1.807, 2.05) is 23.1 Å². The number of rotatable bonds is 5. The third-order valence-electron chi connectivity index (χ3n) is 3.97. The topological polar surface area (TPSA) is 59.0 Å². The minimum Gasteiger partial charge on any atom is -0.497 e. The van der Waals surface area contributed by atoms with Gasteiger partial charge in [0.2, 0.25) is 0 Å². The molecule has 0 amide bonds. The lowest BCUT2D eigenvalue weighted by Crippen LogP contribution is -2.37. The average Bonchev–Trinajstić information content (AvgIpc) is 2.95. The molecule has 0 radical (unpaired) electrons. The summed E-state index contributed by atoms with van der Waals surface area (Å²) in [6, 6.07) is 5.41. The van der Waals surface area contributed by atoms with Gasteiger partial charge in [-0.1, -0.05) is 0 Å². The zero-order valence-electron chi connectivity index (χ0n) is 12.1. The van der Waals surface area contributed by atoms with Crippen molar-refractivity contribution in [1.82, 2.24) is 4.90 Å². The molecule has 1 heterocycles. The van der Waals surface area contributed by atoms with E-state index in [1.165, 1.54) is 0 Å². The van der Waals surface area contributed by atoms with Crippen molar-refractivity contribution in [1.29, 1.82) is 0 Å². The van der Waals surface area contributed by atoms with Crippen LogP contribution in [-0.4, -0.2) is 49.3 Å². The van der Waals surface area contributed by atoms with Gasteiger partial charge in [-0.25, -0.2) is 0 Å². The fraction of sp³-hybridized carbons (Fsp3) is 0.533. The maximum absolute atomic E-state index is 11.0. The maximum atomic E-state index is 11.0. The second kappa shape index (κ2) is 6.13. The summed E-state index contributed by atoms with van der Waals surface area (Å²) in [5.41, 5.74) is 1.14. The van der Waals surface area contributed by atoms with Gasteiger partial charge in [0.1, 0.15) is 17.5 Å². The number of nitrogens with zero attached hydrogens (tertiary/aromatic N) is 1. The zero-order valence-corrected chi connectivity index (χ0v) is 12.1. The summed E-state index contributed by atoms with van der Waals surface area (Å²) in [5.74, 6) is 1.09. The molecule has 5 nitrogen and oxygen atoms in total. The minimum atomic E-state index is -0.770. The summed E-state index contributed by atoms with van der Waals surface area (Å²) in [6.45, 7) is 3.29. The van der Waals surface area contributed by atoms with Gasteiger partial charge in [-0.2, -0.15) is 0 Å². The molecule has 0 spiro atoms. The quantitative estimate of drug-likeness (QED) is 0.893. The number of hydrogen-bond acceptors (Lipinski definition) is 4. The third kappa shape index (κ3) is 3.04. The van der Waals surface area contributed by atoms with Crippen molar-refractivity contribution in [3.63, 3.8) is 0 Å². The van der Waals surface area contributed by atoms with Crippen molar-refractivity contribution in [3.05, 3.63) is 23.8 Å². The molecule has 2 rings (SSSR count). The Bertz CT molecular complexity index is 467. The van der Waals surface area contributed by atoms with Gasteiger partial charge in [-0.3, -0.25) is 9.69 Å². The monoisotopic (exact) mass is 279 g/mol. The summed E-state index contributed by atoms with van der Waals surface area (Å²) in [7, 11) is 3.26. The van der Waals surface area contributed by atoms with Gasteiger partial charge in [0.15, 0.2) is 0 Å². The summed E-state index contributed by atoms with van der Waals surface area (Å²) >= 11 is 0. The second-order valence-corrected chi connectivity index (χ2v) is 5.14. The van der Waals surface area contributed by atoms with Crippen LogP contribution in [0.4, 0.5) is 0 Å². The third-order valence-corrected chi connectivity index (χ3v) is 3.97. The van der Waals surface area contributed by atoms with Crippen molar-refractivity contribution < 1.29 is 19.4 Å². The first-order chi connectivity index (χ1) is 9.55. The smallest absolute Gasteiger partial charge is 0.320 e. The molecular weight excluding hydrogens is 258 g/mol. The normalized spacial score (nSPS) is 20.6. The molecule has 1 aliphatic heterocycles. The molecule has 1 aliphatic rings. The molecule has 0 aliphatic carbocycles. The maximum Gasteiger partial charge on any atom is 0.320 e. The molecule has 1 N–H and O–H groups in total. The van der Waals surface area contributed by atoms with Crippen molar-refractivity contribution in [2.75, 3.05) is 27.3 Å². The second-order valence-electron chi connectivity index (χ2n) is 5.14. The molecule has 1 saturated heterocycles. The highest BCUT2D eigenvalue weighted by Gasteiger charge is 2.30. The van der Waals surface area contributed by atoms with Crippen LogP contribution in [0.15, 0.2) is 18.2 Å². The molecule has 0 bridgehead atoms. The van der Waals surface area contributed by atoms with Crippen LogP contribution in [-0.2, 0) is 4.79 Å². The largest absolute Gasteiger partial charge is 0.497 e. The molecule has 5 heteroatoms. The summed E-state index contributed by atoms with van der Waals surface area (Å²) in [4.78, 5) is 13.0.